The molecule has 0 unspecified atom stereocenters. The molecule has 1 aromatic carbocycles. The van der Waals surface area contributed by atoms with Gasteiger partial charge in [-0.15, -0.1) is 10.2 Å². The van der Waals surface area contributed by atoms with Gasteiger partial charge in [0.15, 0.2) is 18.5 Å². The lowest BCUT2D eigenvalue weighted by Gasteiger charge is -2.06. The van der Waals surface area contributed by atoms with Crippen LogP contribution < -0.4 is 0 Å². The van der Waals surface area contributed by atoms with Crippen LogP contribution in [0.5, 0.6) is 0 Å². The lowest BCUT2D eigenvalue weighted by atomic mass is 10.0. The van der Waals surface area contributed by atoms with Crippen molar-refractivity contribution < 1.29 is 8.42 Å². The van der Waals surface area contributed by atoms with E-state index < -0.39 is 9.84 Å². The third-order valence-corrected chi connectivity index (χ3v) is 9.31. The minimum absolute atomic E-state index is 0.129. The zero-order chi connectivity index (χ0) is 17.2. The molecule has 1 aliphatic heterocycles. The van der Waals surface area contributed by atoms with Crippen molar-refractivity contribution in [2.24, 2.45) is 0 Å². The number of benzene rings is 1. The number of hydrogen-bond acceptors (Lipinski definition) is 7. The van der Waals surface area contributed by atoms with Crippen molar-refractivity contribution in [2.75, 3.05) is 11.5 Å². The Labute approximate surface area is 155 Å². The molecule has 2 heterocycles. The standard InChI is InChI=1S/C16H20N2O2S4/c1-11(2)13-5-3-12(4-6-13)9-21-15-17-18-16(23-15)22-14-7-8-24(19,20)10-14/h3-6,11,14H,7-10H2,1-2H3/t14-/m1/s1. The third kappa shape index (κ3) is 4.97. The number of aromatic nitrogens is 2. The molecule has 0 radical (unpaired) electrons. The van der Waals surface area contributed by atoms with Crippen molar-refractivity contribution in [3.63, 3.8) is 0 Å². The summed E-state index contributed by atoms with van der Waals surface area (Å²) < 4.78 is 24.8. The van der Waals surface area contributed by atoms with Crippen LogP contribution in [0.1, 0.15) is 37.3 Å². The zero-order valence-corrected chi connectivity index (χ0v) is 16.9. The first kappa shape index (κ1) is 18.2. The molecule has 1 fully saturated rings. The average molecular weight is 401 g/mol. The van der Waals surface area contributed by atoms with Crippen molar-refractivity contribution >= 4 is 44.7 Å². The molecule has 3 rings (SSSR count). The van der Waals surface area contributed by atoms with Crippen LogP contribution in [0.25, 0.3) is 0 Å². The van der Waals surface area contributed by atoms with Gasteiger partial charge in [-0.05, 0) is 23.5 Å². The summed E-state index contributed by atoms with van der Waals surface area (Å²) in [5, 5.41) is 8.54. The molecule has 0 spiro atoms. The van der Waals surface area contributed by atoms with E-state index in [1.54, 1.807) is 34.9 Å². The van der Waals surface area contributed by atoms with Crippen LogP contribution in [0, 0.1) is 0 Å². The fourth-order valence-corrected chi connectivity index (χ4v) is 8.18. The molecular weight excluding hydrogens is 380 g/mol. The van der Waals surface area contributed by atoms with Gasteiger partial charge in [0, 0.05) is 11.0 Å². The first-order valence-corrected chi connectivity index (χ1v) is 12.3. The van der Waals surface area contributed by atoms with Gasteiger partial charge in [0.1, 0.15) is 0 Å². The summed E-state index contributed by atoms with van der Waals surface area (Å²) in [7, 11) is -2.83. The summed E-state index contributed by atoms with van der Waals surface area (Å²) in [6, 6.07) is 8.70. The van der Waals surface area contributed by atoms with E-state index in [9.17, 15) is 8.42 Å². The molecule has 24 heavy (non-hydrogen) atoms. The van der Waals surface area contributed by atoms with E-state index in [-0.39, 0.29) is 11.0 Å². The third-order valence-electron chi connectivity index (χ3n) is 3.85. The van der Waals surface area contributed by atoms with Gasteiger partial charge < -0.3 is 0 Å². The number of rotatable bonds is 6. The van der Waals surface area contributed by atoms with Crippen molar-refractivity contribution in [3.8, 4) is 0 Å². The SMILES string of the molecule is CC(C)c1ccc(CSc2nnc(S[C@@H]3CCS(=O)(=O)C3)s2)cc1. The van der Waals surface area contributed by atoms with Crippen LogP contribution in [-0.2, 0) is 15.6 Å². The van der Waals surface area contributed by atoms with Gasteiger partial charge in [-0.1, -0.05) is 73.0 Å². The van der Waals surface area contributed by atoms with Crippen molar-refractivity contribution in [2.45, 2.75) is 45.9 Å². The normalized spacial score (nSPS) is 19.9. The van der Waals surface area contributed by atoms with Gasteiger partial charge in [0.05, 0.1) is 11.5 Å². The average Bonchev–Trinajstić information content (AvgIpc) is 3.12. The van der Waals surface area contributed by atoms with Crippen LogP contribution in [0.15, 0.2) is 32.9 Å². The van der Waals surface area contributed by atoms with Crippen LogP contribution in [0.3, 0.4) is 0 Å². The summed E-state index contributed by atoms with van der Waals surface area (Å²) in [4.78, 5) is 0. The maximum absolute atomic E-state index is 11.5. The van der Waals surface area contributed by atoms with Gasteiger partial charge in [-0.25, -0.2) is 8.42 Å². The summed E-state index contributed by atoms with van der Waals surface area (Å²) in [5.74, 6) is 1.99. The fraction of sp³-hybridized carbons (Fsp3) is 0.500. The Morgan fingerprint density at radius 3 is 2.54 bits per heavy atom. The summed E-state index contributed by atoms with van der Waals surface area (Å²) >= 11 is 4.79. The molecule has 1 aromatic heterocycles. The highest BCUT2D eigenvalue weighted by Gasteiger charge is 2.29. The Morgan fingerprint density at radius 1 is 1.21 bits per heavy atom. The number of thioether (sulfide) groups is 2. The first-order valence-electron chi connectivity index (χ1n) is 7.83. The minimum atomic E-state index is -2.83. The van der Waals surface area contributed by atoms with Crippen LogP contribution in [0.2, 0.25) is 0 Å². The second-order valence-corrected chi connectivity index (χ2v) is 12.1. The van der Waals surface area contributed by atoms with Crippen LogP contribution in [0.4, 0.5) is 0 Å². The Hall–Kier alpha value is -0.570. The van der Waals surface area contributed by atoms with E-state index in [2.05, 4.69) is 48.3 Å². The number of nitrogens with zero attached hydrogens (tertiary/aromatic N) is 2. The Kier molecular flexibility index (Phi) is 5.89. The predicted molar refractivity (Wildman–Crippen MR) is 103 cm³/mol. The molecule has 0 bridgehead atoms. The molecule has 1 saturated heterocycles. The predicted octanol–water partition coefficient (Wildman–Crippen LogP) is 4.23. The molecule has 4 nitrogen and oxygen atoms in total. The highest BCUT2D eigenvalue weighted by molar-refractivity contribution is 8.04. The van der Waals surface area contributed by atoms with Gasteiger partial charge in [0.25, 0.3) is 0 Å². The molecule has 130 valence electrons. The van der Waals surface area contributed by atoms with E-state index in [1.807, 2.05) is 0 Å². The van der Waals surface area contributed by atoms with E-state index in [1.165, 1.54) is 11.1 Å². The second kappa shape index (κ2) is 7.76. The topological polar surface area (TPSA) is 59.9 Å². The monoisotopic (exact) mass is 400 g/mol. The van der Waals surface area contributed by atoms with Crippen LogP contribution >= 0.6 is 34.9 Å². The van der Waals surface area contributed by atoms with Crippen molar-refractivity contribution in [1.29, 1.82) is 0 Å². The smallest absolute Gasteiger partial charge is 0.175 e. The van der Waals surface area contributed by atoms with Crippen molar-refractivity contribution in [3.05, 3.63) is 35.4 Å². The molecule has 1 atom stereocenters. The Bertz CT molecular complexity index is 785. The lowest BCUT2D eigenvalue weighted by molar-refractivity contribution is 0.602. The summed E-state index contributed by atoms with van der Waals surface area (Å²) in [5.41, 5.74) is 2.63. The Balaban J connectivity index is 1.52. The van der Waals surface area contributed by atoms with Gasteiger partial charge in [-0.3, -0.25) is 0 Å². The minimum Gasteiger partial charge on any atom is -0.229 e. The molecule has 1 aliphatic rings. The lowest BCUT2D eigenvalue weighted by Crippen LogP contribution is -2.05. The van der Waals surface area contributed by atoms with Crippen LogP contribution in [-0.4, -0.2) is 35.4 Å². The quantitative estimate of drug-likeness (QED) is 0.676. The second-order valence-electron chi connectivity index (χ2n) is 6.16. The van der Waals surface area contributed by atoms with Gasteiger partial charge >= 0.3 is 0 Å². The largest absolute Gasteiger partial charge is 0.229 e. The van der Waals surface area contributed by atoms with E-state index in [0.29, 0.717) is 11.7 Å². The zero-order valence-electron chi connectivity index (χ0n) is 13.6. The van der Waals surface area contributed by atoms with E-state index >= 15 is 0 Å². The highest BCUT2D eigenvalue weighted by atomic mass is 32.2. The molecular formula is C16H20N2O2S4. The van der Waals surface area contributed by atoms with E-state index in [4.69, 9.17) is 0 Å². The summed E-state index contributed by atoms with van der Waals surface area (Å²) in [6.45, 7) is 4.39. The van der Waals surface area contributed by atoms with Gasteiger partial charge in [0.2, 0.25) is 0 Å². The maximum atomic E-state index is 11.5. The molecule has 8 heteroatoms. The fourth-order valence-electron chi connectivity index (χ4n) is 2.44. The number of hydrogen-bond donors (Lipinski definition) is 0. The molecule has 0 saturated carbocycles. The van der Waals surface area contributed by atoms with E-state index in [0.717, 1.165) is 20.9 Å². The molecule has 0 N–H and O–H groups in total. The first-order chi connectivity index (χ1) is 11.4. The molecule has 2 aromatic rings. The summed E-state index contributed by atoms with van der Waals surface area (Å²) in [6.07, 6.45) is 0.720. The molecule has 0 aliphatic carbocycles. The maximum Gasteiger partial charge on any atom is 0.175 e. The van der Waals surface area contributed by atoms with Crippen molar-refractivity contribution in [1.82, 2.24) is 10.2 Å². The molecule has 0 amide bonds. The highest BCUT2D eigenvalue weighted by Crippen LogP contribution is 2.36. The van der Waals surface area contributed by atoms with Gasteiger partial charge in [-0.2, -0.15) is 0 Å². The number of sulfone groups is 1. The Morgan fingerprint density at radius 2 is 1.92 bits per heavy atom.